The second-order valence-corrected chi connectivity index (χ2v) is 7.61. The van der Waals surface area contributed by atoms with Crippen molar-refractivity contribution in [1.82, 2.24) is 0 Å². The highest BCUT2D eigenvalue weighted by molar-refractivity contribution is 9.10. The predicted molar refractivity (Wildman–Crippen MR) is 83.0 cm³/mol. The number of benzene rings is 2. The summed E-state index contributed by atoms with van der Waals surface area (Å²) in [5, 5.41) is 0.596. The van der Waals surface area contributed by atoms with Gasteiger partial charge in [0, 0.05) is 21.3 Å². The van der Waals surface area contributed by atoms with Crippen LogP contribution in [0.2, 0.25) is 5.02 Å². The highest BCUT2D eigenvalue weighted by Gasteiger charge is 2.08. The van der Waals surface area contributed by atoms with E-state index in [0.717, 1.165) is 16.3 Å². The van der Waals surface area contributed by atoms with E-state index in [1.807, 2.05) is 12.1 Å². The Morgan fingerprint density at radius 3 is 2.60 bits per heavy atom. The van der Waals surface area contributed by atoms with Crippen LogP contribution in [0, 0.1) is 0 Å². The molecule has 20 heavy (non-hydrogen) atoms. The fourth-order valence-corrected chi connectivity index (χ4v) is 2.98. The second-order valence-electron chi connectivity index (χ2n) is 4.27. The fraction of sp³-hybridized carbons (Fsp3) is 0.143. The van der Waals surface area contributed by atoms with Crippen LogP contribution in [0.1, 0.15) is 5.56 Å². The summed E-state index contributed by atoms with van der Waals surface area (Å²) < 4.78 is 29.4. The minimum atomic E-state index is -3.23. The molecule has 0 N–H and O–H groups in total. The molecule has 2 rings (SSSR count). The van der Waals surface area contributed by atoms with Crippen molar-refractivity contribution >= 4 is 37.4 Å². The Bertz CT molecular complexity index is 729. The van der Waals surface area contributed by atoms with Crippen molar-refractivity contribution in [2.45, 2.75) is 11.5 Å². The Hall–Kier alpha value is -1.04. The minimum Gasteiger partial charge on any atom is -0.489 e. The van der Waals surface area contributed by atoms with Crippen LogP contribution in [0.3, 0.4) is 0 Å². The van der Waals surface area contributed by atoms with Crippen LogP contribution in [0.15, 0.2) is 51.8 Å². The molecule has 0 unspecified atom stereocenters. The number of halogens is 2. The van der Waals surface area contributed by atoms with Crippen molar-refractivity contribution in [3.63, 3.8) is 0 Å². The van der Waals surface area contributed by atoms with Gasteiger partial charge in [-0.3, -0.25) is 0 Å². The molecule has 0 bridgehead atoms. The third kappa shape index (κ3) is 3.98. The van der Waals surface area contributed by atoms with E-state index in [2.05, 4.69) is 15.9 Å². The monoisotopic (exact) mass is 374 g/mol. The molecule has 0 aliphatic rings. The lowest BCUT2D eigenvalue weighted by molar-refractivity contribution is 0.305. The number of sulfone groups is 1. The highest BCUT2D eigenvalue weighted by atomic mass is 79.9. The zero-order chi connectivity index (χ0) is 14.8. The van der Waals surface area contributed by atoms with Gasteiger partial charge < -0.3 is 4.74 Å². The standard InChI is InChI=1S/C14H12BrClO3S/c1-20(17,18)13-4-2-3-12(8-13)19-9-10-5-6-11(15)7-14(10)16/h2-8H,9H2,1H3. The summed E-state index contributed by atoms with van der Waals surface area (Å²) in [4.78, 5) is 0.233. The van der Waals surface area contributed by atoms with E-state index in [4.69, 9.17) is 16.3 Å². The molecule has 0 spiro atoms. The Morgan fingerprint density at radius 2 is 1.95 bits per heavy atom. The van der Waals surface area contributed by atoms with Crippen molar-refractivity contribution in [1.29, 1.82) is 0 Å². The Kier molecular flexibility index (Phi) is 4.73. The van der Waals surface area contributed by atoms with Gasteiger partial charge in [0.25, 0.3) is 0 Å². The van der Waals surface area contributed by atoms with Crippen molar-refractivity contribution in [2.24, 2.45) is 0 Å². The van der Waals surface area contributed by atoms with E-state index in [0.29, 0.717) is 10.8 Å². The molecule has 0 radical (unpaired) electrons. The van der Waals surface area contributed by atoms with Gasteiger partial charge in [0.1, 0.15) is 12.4 Å². The third-order valence-electron chi connectivity index (χ3n) is 2.64. The molecular weight excluding hydrogens is 364 g/mol. The summed E-state index contributed by atoms with van der Waals surface area (Å²) in [6, 6.07) is 11.9. The van der Waals surface area contributed by atoms with Gasteiger partial charge in [-0.2, -0.15) is 0 Å². The van der Waals surface area contributed by atoms with E-state index in [9.17, 15) is 8.42 Å². The molecule has 0 atom stereocenters. The first-order valence-electron chi connectivity index (χ1n) is 5.73. The summed E-state index contributed by atoms with van der Waals surface area (Å²) in [7, 11) is -3.23. The number of hydrogen-bond acceptors (Lipinski definition) is 3. The van der Waals surface area contributed by atoms with Gasteiger partial charge >= 0.3 is 0 Å². The van der Waals surface area contributed by atoms with E-state index in [1.54, 1.807) is 18.2 Å². The van der Waals surface area contributed by atoms with Gasteiger partial charge in [-0.05, 0) is 30.3 Å². The van der Waals surface area contributed by atoms with Crippen LogP contribution in [0.4, 0.5) is 0 Å². The van der Waals surface area contributed by atoms with Gasteiger partial charge in [-0.15, -0.1) is 0 Å². The summed E-state index contributed by atoms with van der Waals surface area (Å²) in [6.45, 7) is 0.277. The highest BCUT2D eigenvalue weighted by Crippen LogP contribution is 2.24. The summed E-state index contributed by atoms with van der Waals surface area (Å²) in [6.07, 6.45) is 1.16. The molecular formula is C14H12BrClO3S. The summed E-state index contributed by atoms with van der Waals surface area (Å²) in [5.74, 6) is 0.493. The van der Waals surface area contributed by atoms with Crippen LogP contribution in [-0.4, -0.2) is 14.7 Å². The quantitative estimate of drug-likeness (QED) is 0.808. The first kappa shape index (κ1) is 15.4. The van der Waals surface area contributed by atoms with E-state index >= 15 is 0 Å². The first-order valence-corrected chi connectivity index (χ1v) is 8.79. The van der Waals surface area contributed by atoms with Crippen molar-refractivity contribution < 1.29 is 13.2 Å². The molecule has 2 aromatic rings. The van der Waals surface area contributed by atoms with Crippen LogP contribution in [0.5, 0.6) is 5.75 Å². The average molecular weight is 376 g/mol. The molecule has 6 heteroatoms. The van der Waals surface area contributed by atoms with Gasteiger partial charge in [0.2, 0.25) is 0 Å². The molecule has 0 aliphatic carbocycles. The lowest BCUT2D eigenvalue weighted by Gasteiger charge is -2.09. The Balaban J connectivity index is 2.15. The number of rotatable bonds is 4. The second kappa shape index (κ2) is 6.16. The van der Waals surface area contributed by atoms with Gasteiger partial charge in [-0.1, -0.05) is 39.7 Å². The van der Waals surface area contributed by atoms with E-state index < -0.39 is 9.84 Å². The maximum atomic E-state index is 11.5. The minimum absolute atomic E-state index is 0.233. The molecule has 0 aliphatic heterocycles. The molecule has 0 amide bonds. The average Bonchev–Trinajstić information content (AvgIpc) is 2.37. The molecule has 2 aromatic carbocycles. The molecule has 0 saturated heterocycles. The molecule has 0 heterocycles. The van der Waals surface area contributed by atoms with Gasteiger partial charge in [0.15, 0.2) is 9.84 Å². The summed E-state index contributed by atoms with van der Waals surface area (Å²) in [5.41, 5.74) is 0.833. The van der Waals surface area contributed by atoms with Crippen molar-refractivity contribution in [2.75, 3.05) is 6.26 Å². The van der Waals surface area contributed by atoms with Gasteiger partial charge in [-0.25, -0.2) is 8.42 Å². The maximum Gasteiger partial charge on any atom is 0.175 e. The fourth-order valence-electron chi connectivity index (χ4n) is 1.59. The largest absolute Gasteiger partial charge is 0.489 e. The Labute approximate surface area is 131 Å². The lowest BCUT2D eigenvalue weighted by Crippen LogP contribution is -2.00. The van der Waals surface area contributed by atoms with Crippen LogP contribution in [-0.2, 0) is 16.4 Å². The van der Waals surface area contributed by atoms with Crippen LogP contribution >= 0.6 is 27.5 Å². The van der Waals surface area contributed by atoms with Crippen LogP contribution < -0.4 is 4.74 Å². The first-order chi connectivity index (χ1) is 9.36. The molecule has 0 aromatic heterocycles. The number of hydrogen-bond donors (Lipinski definition) is 0. The summed E-state index contributed by atoms with van der Waals surface area (Å²) >= 11 is 9.43. The van der Waals surface area contributed by atoms with Gasteiger partial charge in [0.05, 0.1) is 4.90 Å². The smallest absolute Gasteiger partial charge is 0.175 e. The molecule has 106 valence electrons. The zero-order valence-electron chi connectivity index (χ0n) is 10.6. The molecule has 0 fully saturated rings. The predicted octanol–water partition coefficient (Wildman–Crippen LogP) is 4.09. The van der Waals surface area contributed by atoms with Crippen molar-refractivity contribution in [3.05, 3.63) is 57.5 Å². The maximum absolute atomic E-state index is 11.5. The normalized spacial score (nSPS) is 11.3. The van der Waals surface area contributed by atoms with Crippen molar-refractivity contribution in [3.8, 4) is 5.75 Å². The number of ether oxygens (including phenoxy) is 1. The third-order valence-corrected chi connectivity index (χ3v) is 4.60. The zero-order valence-corrected chi connectivity index (χ0v) is 13.8. The van der Waals surface area contributed by atoms with Crippen LogP contribution in [0.25, 0.3) is 0 Å². The molecule has 0 saturated carbocycles. The topological polar surface area (TPSA) is 43.4 Å². The Morgan fingerprint density at radius 1 is 1.20 bits per heavy atom. The van der Waals surface area contributed by atoms with E-state index in [-0.39, 0.29) is 11.5 Å². The SMILES string of the molecule is CS(=O)(=O)c1cccc(OCc2ccc(Br)cc2Cl)c1. The lowest BCUT2D eigenvalue weighted by atomic mass is 10.2. The molecule has 3 nitrogen and oxygen atoms in total. The van der Waals surface area contributed by atoms with E-state index in [1.165, 1.54) is 12.1 Å².